The maximum absolute atomic E-state index is 12.4. The number of rotatable bonds is 8. The van der Waals surface area contributed by atoms with Crippen LogP contribution in [0.25, 0.3) is 6.08 Å². The van der Waals surface area contributed by atoms with Gasteiger partial charge in [-0.2, -0.15) is 0 Å². The van der Waals surface area contributed by atoms with E-state index in [-0.39, 0.29) is 11.7 Å². The molecule has 3 aromatic carbocycles. The lowest BCUT2D eigenvalue weighted by Gasteiger charge is -2.11. The Bertz CT molecular complexity index is 1080. The summed E-state index contributed by atoms with van der Waals surface area (Å²) in [5.74, 6) is 0.526. The molecule has 3 aromatic rings. The van der Waals surface area contributed by atoms with Gasteiger partial charge in [0.1, 0.15) is 12.4 Å². The second kappa shape index (κ2) is 10.6. The van der Waals surface area contributed by atoms with Gasteiger partial charge in [-0.3, -0.25) is 9.59 Å². The largest absolute Gasteiger partial charge is 0.493 e. The monoisotopic (exact) mass is 417 g/mol. The van der Waals surface area contributed by atoms with Crippen molar-refractivity contribution in [1.82, 2.24) is 0 Å². The second-order valence-electron chi connectivity index (χ2n) is 6.60. The van der Waals surface area contributed by atoms with Gasteiger partial charge in [0.2, 0.25) is 5.91 Å². The van der Waals surface area contributed by atoms with Gasteiger partial charge >= 0.3 is 5.97 Å². The van der Waals surface area contributed by atoms with E-state index in [1.54, 1.807) is 36.4 Å². The van der Waals surface area contributed by atoms with Crippen molar-refractivity contribution < 1.29 is 23.8 Å². The highest BCUT2D eigenvalue weighted by molar-refractivity contribution is 6.02. The average Bonchev–Trinajstić information content (AvgIpc) is 2.77. The molecule has 158 valence electrons. The molecule has 0 aromatic heterocycles. The topological polar surface area (TPSA) is 73.9 Å². The molecule has 0 radical (unpaired) electrons. The first-order valence-electron chi connectivity index (χ1n) is 9.66. The molecule has 3 rings (SSSR count). The van der Waals surface area contributed by atoms with Crippen molar-refractivity contribution in [2.75, 3.05) is 12.4 Å². The van der Waals surface area contributed by atoms with E-state index >= 15 is 0 Å². The summed E-state index contributed by atoms with van der Waals surface area (Å²) < 4.78 is 16.2. The first-order chi connectivity index (χ1) is 15.0. The highest BCUT2D eigenvalue weighted by Crippen LogP contribution is 2.29. The average molecular weight is 417 g/mol. The number of amides is 1. The van der Waals surface area contributed by atoms with Gasteiger partial charge in [-0.1, -0.05) is 48.5 Å². The van der Waals surface area contributed by atoms with E-state index in [0.29, 0.717) is 29.4 Å². The van der Waals surface area contributed by atoms with Crippen LogP contribution in [0.4, 0.5) is 5.69 Å². The molecule has 0 spiro atoms. The van der Waals surface area contributed by atoms with Gasteiger partial charge in [0.05, 0.1) is 12.8 Å². The van der Waals surface area contributed by atoms with Gasteiger partial charge in [0, 0.05) is 13.0 Å². The van der Waals surface area contributed by atoms with E-state index in [1.165, 1.54) is 20.1 Å². The highest BCUT2D eigenvalue weighted by atomic mass is 16.6. The van der Waals surface area contributed by atoms with Gasteiger partial charge in [-0.05, 0) is 41.5 Å². The van der Waals surface area contributed by atoms with Crippen LogP contribution in [-0.4, -0.2) is 19.0 Å². The van der Waals surface area contributed by atoms with Crippen LogP contribution in [0, 0.1) is 0 Å². The molecule has 0 aliphatic carbocycles. The van der Waals surface area contributed by atoms with E-state index < -0.39 is 5.97 Å². The van der Waals surface area contributed by atoms with E-state index in [9.17, 15) is 9.59 Å². The standard InChI is InChI=1S/C25H23NO5/c1-18(27)31-24-16-19(12-14-23(24)29-2)13-15-25(28)26-21-10-6-7-11-22(21)30-17-20-8-4-3-5-9-20/h3-16H,17H2,1-2H3,(H,26,28)/b15-13+. The minimum atomic E-state index is -0.454. The Hall–Kier alpha value is -4.06. The Morgan fingerprint density at radius 1 is 0.903 bits per heavy atom. The summed E-state index contributed by atoms with van der Waals surface area (Å²) in [5.41, 5.74) is 2.29. The quantitative estimate of drug-likeness (QED) is 0.322. The first kappa shape index (κ1) is 21.6. The third kappa shape index (κ3) is 6.47. The van der Waals surface area contributed by atoms with Crippen LogP contribution in [0.2, 0.25) is 0 Å². The van der Waals surface area contributed by atoms with E-state index in [4.69, 9.17) is 14.2 Å². The molecule has 1 N–H and O–H groups in total. The van der Waals surface area contributed by atoms with Crippen LogP contribution in [0.5, 0.6) is 17.2 Å². The summed E-state index contributed by atoms with van der Waals surface area (Å²) in [6.45, 7) is 1.71. The maximum Gasteiger partial charge on any atom is 0.308 e. The lowest BCUT2D eigenvalue weighted by Crippen LogP contribution is -2.09. The summed E-state index contributed by atoms with van der Waals surface area (Å²) in [4.78, 5) is 23.7. The number of carbonyl (C=O) groups is 2. The van der Waals surface area contributed by atoms with Crippen LogP contribution in [-0.2, 0) is 16.2 Å². The molecule has 6 heteroatoms. The van der Waals surface area contributed by atoms with Crippen LogP contribution in [0.15, 0.2) is 78.9 Å². The summed E-state index contributed by atoms with van der Waals surface area (Å²) in [5, 5.41) is 2.83. The molecule has 0 aliphatic rings. The summed E-state index contributed by atoms with van der Waals surface area (Å²) >= 11 is 0. The second-order valence-corrected chi connectivity index (χ2v) is 6.60. The third-order valence-electron chi connectivity index (χ3n) is 4.25. The summed E-state index contributed by atoms with van der Waals surface area (Å²) in [6.07, 6.45) is 3.02. The zero-order chi connectivity index (χ0) is 22.1. The van der Waals surface area contributed by atoms with Crippen molar-refractivity contribution in [3.05, 3.63) is 90.0 Å². The number of carbonyl (C=O) groups excluding carboxylic acids is 2. The molecule has 0 atom stereocenters. The number of para-hydroxylation sites is 2. The number of methoxy groups -OCH3 is 1. The lowest BCUT2D eigenvalue weighted by molar-refractivity contribution is -0.132. The van der Waals surface area contributed by atoms with Gasteiger partial charge in [-0.15, -0.1) is 0 Å². The van der Waals surface area contributed by atoms with Crippen LogP contribution < -0.4 is 19.5 Å². The Morgan fingerprint density at radius 2 is 1.65 bits per heavy atom. The summed E-state index contributed by atoms with van der Waals surface area (Å²) in [6, 6.07) is 22.1. The zero-order valence-electron chi connectivity index (χ0n) is 17.3. The number of hydrogen-bond donors (Lipinski definition) is 1. The molecule has 0 saturated heterocycles. The molecular formula is C25H23NO5. The molecule has 0 bridgehead atoms. The predicted molar refractivity (Wildman–Crippen MR) is 119 cm³/mol. The van der Waals surface area contributed by atoms with Crippen LogP contribution in [0.3, 0.4) is 0 Å². The van der Waals surface area contributed by atoms with Crippen LogP contribution >= 0.6 is 0 Å². The minimum Gasteiger partial charge on any atom is -0.493 e. The number of anilines is 1. The fourth-order valence-corrected chi connectivity index (χ4v) is 2.81. The molecule has 0 saturated carbocycles. The minimum absolute atomic E-state index is 0.289. The Morgan fingerprint density at radius 3 is 2.39 bits per heavy atom. The normalized spacial score (nSPS) is 10.5. The van der Waals surface area contributed by atoms with Crippen molar-refractivity contribution in [2.24, 2.45) is 0 Å². The Kier molecular flexibility index (Phi) is 7.43. The molecule has 0 unspecified atom stereocenters. The molecule has 0 fully saturated rings. The molecular weight excluding hydrogens is 394 g/mol. The Labute approximate surface area is 181 Å². The smallest absolute Gasteiger partial charge is 0.308 e. The fraction of sp³-hybridized carbons (Fsp3) is 0.120. The van der Waals surface area contributed by atoms with E-state index in [2.05, 4.69) is 5.32 Å². The molecule has 0 heterocycles. The van der Waals surface area contributed by atoms with Gasteiger partial charge < -0.3 is 19.5 Å². The predicted octanol–water partition coefficient (Wildman–Crippen LogP) is 4.85. The number of benzene rings is 3. The lowest BCUT2D eigenvalue weighted by atomic mass is 10.2. The van der Waals surface area contributed by atoms with Gasteiger partial charge in [0.25, 0.3) is 0 Å². The van der Waals surface area contributed by atoms with Crippen molar-refractivity contribution in [3.8, 4) is 17.2 Å². The third-order valence-corrected chi connectivity index (χ3v) is 4.25. The molecule has 6 nitrogen and oxygen atoms in total. The van der Waals surface area contributed by atoms with Crippen molar-refractivity contribution in [2.45, 2.75) is 13.5 Å². The highest BCUT2D eigenvalue weighted by Gasteiger charge is 2.09. The number of ether oxygens (including phenoxy) is 3. The number of esters is 1. The molecule has 31 heavy (non-hydrogen) atoms. The van der Waals surface area contributed by atoms with Gasteiger partial charge in [0.15, 0.2) is 11.5 Å². The number of hydrogen-bond acceptors (Lipinski definition) is 5. The Balaban J connectivity index is 1.67. The SMILES string of the molecule is COc1ccc(/C=C/C(=O)Nc2ccccc2OCc2ccccc2)cc1OC(C)=O. The van der Waals surface area contributed by atoms with Crippen LogP contribution in [0.1, 0.15) is 18.1 Å². The van der Waals surface area contributed by atoms with Crippen molar-refractivity contribution >= 4 is 23.6 Å². The van der Waals surface area contributed by atoms with Crippen molar-refractivity contribution in [3.63, 3.8) is 0 Å². The van der Waals surface area contributed by atoms with E-state index in [0.717, 1.165) is 5.56 Å². The zero-order valence-corrected chi connectivity index (χ0v) is 17.3. The fourth-order valence-electron chi connectivity index (χ4n) is 2.81. The van der Waals surface area contributed by atoms with Crippen molar-refractivity contribution in [1.29, 1.82) is 0 Å². The van der Waals surface area contributed by atoms with Gasteiger partial charge in [-0.25, -0.2) is 0 Å². The van der Waals surface area contributed by atoms with E-state index in [1.807, 2.05) is 42.5 Å². The summed E-state index contributed by atoms with van der Waals surface area (Å²) in [7, 11) is 1.49. The molecule has 0 aliphatic heterocycles. The maximum atomic E-state index is 12.4. The number of nitrogens with one attached hydrogen (secondary N) is 1. The first-order valence-corrected chi connectivity index (χ1v) is 9.66. The molecule has 1 amide bonds.